The summed E-state index contributed by atoms with van der Waals surface area (Å²) in [6.45, 7) is 3.79. The molecule has 2 N–H and O–H groups in total. The molecular weight excluding hydrogens is 332 g/mol. The minimum Gasteiger partial charge on any atom is -0.479 e. The van der Waals surface area contributed by atoms with Crippen molar-refractivity contribution in [2.75, 3.05) is 11.9 Å². The first kappa shape index (κ1) is 16.6. The molecule has 9 heteroatoms. The largest absolute Gasteiger partial charge is 0.479 e. The SMILES string of the molecule is CC(C)(C(=O)O)n1cc(NC(=O)c2csc(C3CCCO3)n2)cn1. The molecule has 128 valence electrons. The number of nitrogens with one attached hydrogen (secondary N) is 1. The fraction of sp³-hybridized carbons (Fsp3) is 0.467. The number of aliphatic carboxylic acids is 1. The van der Waals surface area contributed by atoms with Gasteiger partial charge < -0.3 is 15.2 Å². The Morgan fingerprint density at radius 1 is 1.50 bits per heavy atom. The number of hydrogen-bond acceptors (Lipinski definition) is 6. The highest BCUT2D eigenvalue weighted by Gasteiger charge is 2.30. The van der Waals surface area contributed by atoms with E-state index in [0.717, 1.165) is 24.5 Å². The van der Waals surface area contributed by atoms with Crippen LogP contribution >= 0.6 is 11.3 Å². The molecule has 3 rings (SSSR count). The van der Waals surface area contributed by atoms with Crippen molar-refractivity contribution in [2.24, 2.45) is 0 Å². The summed E-state index contributed by atoms with van der Waals surface area (Å²) in [4.78, 5) is 27.8. The number of thiazole rings is 1. The van der Waals surface area contributed by atoms with E-state index in [-0.39, 0.29) is 12.0 Å². The average molecular weight is 350 g/mol. The second-order valence-corrected chi connectivity index (χ2v) is 6.95. The van der Waals surface area contributed by atoms with Gasteiger partial charge in [0, 0.05) is 18.2 Å². The zero-order chi connectivity index (χ0) is 17.3. The zero-order valence-electron chi connectivity index (χ0n) is 13.4. The minimum atomic E-state index is -1.20. The molecule has 24 heavy (non-hydrogen) atoms. The van der Waals surface area contributed by atoms with E-state index in [1.165, 1.54) is 42.3 Å². The van der Waals surface area contributed by atoms with Gasteiger partial charge in [-0.1, -0.05) is 0 Å². The summed E-state index contributed by atoms with van der Waals surface area (Å²) in [6, 6.07) is 0. The van der Waals surface area contributed by atoms with Crippen LogP contribution in [-0.2, 0) is 15.1 Å². The van der Waals surface area contributed by atoms with Gasteiger partial charge in [-0.05, 0) is 26.7 Å². The molecule has 0 radical (unpaired) electrons. The van der Waals surface area contributed by atoms with E-state index in [1.807, 2.05) is 0 Å². The van der Waals surface area contributed by atoms with Crippen LogP contribution in [0.4, 0.5) is 5.69 Å². The first-order valence-corrected chi connectivity index (χ1v) is 8.43. The summed E-state index contributed by atoms with van der Waals surface area (Å²) in [7, 11) is 0. The van der Waals surface area contributed by atoms with Gasteiger partial charge in [-0.25, -0.2) is 9.78 Å². The summed E-state index contributed by atoms with van der Waals surface area (Å²) in [5.74, 6) is -1.37. The first-order chi connectivity index (χ1) is 11.4. The van der Waals surface area contributed by atoms with Crippen molar-refractivity contribution in [3.05, 3.63) is 28.5 Å². The molecule has 8 nitrogen and oxygen atoms in total. The first-order valence-electron chi connectivity index (χ1n) is 7.55. The van der Waals surface area contributed by atoms with Gasteiger partial charge in [-0.15, -0.1) is 11.3 Å². The van der Waals surface area contributed by atoms with Crippen LogP contribution in [0.5, 0.6) is 0 Å². The molecule has 3 heterocycles. The Labute approximate surface area is 142 Å². The van der Waals surface area contributed by atoms with E-state index < -0.39 is 11.5 Å². The molecular formula is C15H18N4O4S. The van der Waals surface area contributed by atoms with Crippen LogP contribution in [0.15, 0.2) is 17.8 Å². The van der Waals surface area contributed by atoms with Crippen molar-refractivity contribution in [3.63, 3.8) is 0 Å². The molecule has 0 aliphatic carbocycles. The highest BCUT2D eigenvalue weighted by Crippen LogP contribution is 2.30. The maximum Gasteiger partial charge on any atom is 0.331 e. The van der Waals surface area contributed by atoms with Gasteiger partial charge in [0.25, 0.3) is 5.91 Å². The zero-order valence-corrected chi connectivity index (χ0v) is 14.2. The third-order valence-electron chi connectivity index (χ3n) is 3.90. The van der Waals surface area contributed by atoms with Crippen LogP contribution in [0.3, 0.4) is 0 Å². The molecule has 2 aromatic rings. The number of aromatic nitrogens is 3. The monoisotopic (exact) mass is 350 g/mol. The van der Waals surface area contributed by atoms with E-state index in [0.29, 0.717) is 11.4 Å². The maximum atomic E-state index is 12.3. The van der Waals surface area contributed by atoms with Crippen LogP contribution in [0.1, 0.15) is 48.3 Å². The number of nitrogens with zero attached hydrogens (tertiary/aromatic N) is 3. The van der Waals surface area contributed by atoms with Crippen molar-refractivity contribution in [1.82, 2.24) is 14.8 Å². The second kappa shape index (κ2) is 6.33. The van der Waals surface area contributed by atoms with Gasteiger partial charge in [-0.3, -0.25) is 9.48 Å². The minimum absolute atomic E-state index is 0.0179. The topological polar surface area (TPSA) is 106 Å². The number of carbonyl (C=O) groups is 2. The lowest BCUT2D eigenvalue weighted by atomic mass is 10.1. The quantitative estimate of drug-likeness (QED) is 0.857. The van der Waals surface area contributed by atoms with E-state index in [1.54, 1.807) is 5.38 Å². The Morgan fingerprint density at radius 3 is 2.96 bits per heavy atom. The lowest BCUT2D eigenvalue weighted by Gasteiger charge is -2.19. The second-order valence-electron chi connectivity index (χ2n) is 6.06. The average Bonchev–Trinajstić information content (AvgIpc) is 3.27. The number of carbonyl (C=O) groups excluding carboxylic acids is 1. The molecule has 0 bridgehead atoms. The van der Waals surface area contributed by atoms with Crippen molar-refractivity contribution in [1.29, 1.82) is 0 Å². The summed E-state index contributed by atoms with van der Waals surface area (Å²) < 4.78 is 6.86. The predicted octanol–water partition coefficient (Wildman–Crippen LogP) is 2.26. The molecule has 1 amide bonds. The van der Waals surface area contributed by atoms with Crippen LogP contribution in [-0.4, -0.2) is 38.4 Å². The molecule has 0 saturated carbocycles. The highest BCUT2D eigenvalue weighted by atomic mass is 32.1. The van der Waals surface area contributed by atoms with Crippen LogP contribution in [0, 0.1) is 0 Å². The number of carboxylic acids is 1. The smallest absolute Gasteiger partial charge is 0.331 e. The molecule has 1 atom stereocenters. The fourth-order valence-electron chi connectivity index (χ4n) is 2.30. The van der Waals surface area contributed by atoms with Crippen molar-refractivity contribution in [3.8, 4) is 0 Å². The van der Waals surface area contributed by atoms with E-state index in [9.17, 15) is 14.7 Å². The van der Waals surface area contributed by atoms with Crippen LogP contribution in [0.2, 0.25) is 0 Å². The molecule has 0 spiro atoms. The Morgan fingerprint density at radius 2 is 2.29 bits per heavy atom. The number of hydrogen-bond donors (Lipinski definition) is 2. The number of amides is 1. The van der Waals surface area contributed by atoms with E-state index in [4.69, 9.17) is 4.74 Å². The molecule has 1 saturated heterocycles. The van der Waals surface area contributed by atoms with Crippen LogP contribution in [0.25, 0.3) is 0 Å². The lowest BCUT2D eigenvalue weighted by molar-refractivity contribution is -0.146. The maximum absolute atomic E-state index is 12.3. The Bertz CT molecular complexity index is 761. The summed E-state index contributed by atoms with van der Waals surface area (Å²) in [6.07, 6.45) is 4.81. The molecule has 0 aromatic carbocycles. The van der Waals surface area contributed by atoms with Gasteiger partial charge in [0.15, 0.2) is 5.54 Å². The van der Waals surface area contributed by atoms with Crippen molar-refractivity contribution in [2.45, 2.75) is 38.3 Å². The number of ether oxygens (including phenoxy) is 1. The number of anilines is 1. The van der Waals surface area contributed by atoms with Gasteiger partial charge in [0.2, 0.25) is 0 Å². The molecule has 1 aliphatic heterocycles. The third kappa shape index (κ3) is 3.17. The van der Waals surface area contributed by atoms with Crippen molar-refractivity contribution < 1.29 is 19.4 Å². The van der Waals surface area contributed by atoms with Gasteiger partial charge >= 0.3 is 5.97 Å². The Hall–Kier alpha value is -2.26. The Balaban J connectivity index is 1.69. The highest BCUT2D eigenvalue weighted by molar-refractivity contribution is 7.09. The van der Waals surface area contributed by atoms with Crippen molar-refractivity contribution >= 4 is 28.9 Å². The molecule has 1 unspecified atom stereocenters. The molecule has 2 aromatic heterocycles. The molecule has 1 aliphatic rings. The third-order valence-corrected chi connectivity index (χ3v) is 4.83. The summed E-state index contributed by atoms with van der Waals surface area (Å²) >= 11 is 1.40. The Kier molecular flexibility index (Phi) is 4.37. The number of rotatable bonds is 5. The number of carboxylic acid groups (broad SMARTS) is 1. The normalized spacial score (nSPS) is 17.8. The summed E-state index contributed by atoms with van der Waals surface area (Å²) in [5.41, 5.74) is -0.465. The van der Waals surface area contributed by atoms with Gasteiger partial charge in [0.1, 0.15) is 16.8 Å². The predicted molar refractivity (Wildman–Crippen MR) is 87.2 cm³/mol. The van der Waals surface area contributed by atoms with Crippen LogP contribution < -0.4 is 5.32 Å². The lowest BCUT2D eigenvalue weighted by Crippen LogP contribution is -2.35. The van der Waals surface area contributed by atoms with E-state index in [2.05, 4.69) is 15.4 Å². The molecule has 1 fully saturated rings. The van der Waals surface area contributed by atoms with Gasteiger partial charge in [0.05, 0.1) is 11.9 Å². The standard InChI is InChI=1S/C15H18N4O4S/c1-15(2,14(21)22)19-7-9(6-16-19)17-12(20)10-8-24-13(18-10)11-4-3-5-23-11/h6-8,11H,3-5H2,1-2H3,(H,17,20)(H,21,22). The van der Waals surface area contributed by atoms with E-state index >= 15 is 0 Å². The summed E-state index contributed by atoms with van der Waals surface area (Å²) in [5, 5.41) is 18.4. The van der Waals surface area contributed by atoms with Gasteiger partial charge in [-0.2, -0.15) is 5.10 Å². The fourth-order valence-corrected chi connectivity index (χ4v) is 3.18.